The number of rotatable bonds is 14. The van der Waals surface area contributed by atoms with Crippen molar-refractivity contribution in [2.45, 2.75) is 59.8 Å². The predicted molar refractivity (Wildman–Crippen MR) is 123 cm³/mol. The van der Waals surface area contributed by atoms with Crippen LogP contribution in [0.2, 0.25) is 0 Å². The topological polar surface area (TPSA) is 176 Å². The zero-order valence-corrected chi connectivity index (χ0v) is 21.3. The van der Waals surface area contributed by atoms with Gasteiger partial charge in [0.2, 0.25) is 13.6 Å². The summed E-state index contributed by atoms with van der Waals surface area (Å²) >= 11 is 0. The lowest BCUT2D eigenvalue weighted by Gasteiger charge is -2.21. The summed E-state index contributed by atoms with van der Waals surface area (Å²) in [6, 6.07) is 0. The molecule has 0 saturated heterocycles. The summed E-state index contributed by atoms with van der Waals surface area (Å²) in [5.41, 5.74) is 6.76. The summed E-state index contributed by atoms with van der Waals surface area (Å²) in [6.45, 7) is 7.64. The van der Waals surface area contributed by atoms with E-state index in [0.717, 1.165) is 0 Å². The van der Waals surface area contributed by atoms with Gasteiger partial charge in [-0.15, -0.1) is 0 Å². The lowest BCUT2D eigenvalue weighted by Crippen LogP contribution is -2.20. The number of ether oxygens (including phenoxy) is 4. The monoisotopic (exact) mass is 517 g/mol. The Morgan fingerprint density at radius 1 is 1.06 bits per heavy atom. The number of nitrogens with two attached hydrogens (primary N) is 1. The Morgan fingerprint density at radius 2 is 1.74 bits per heavy atom. The van der Waals surface area contributed by atoms with Crippen LogP contribution in [0.3, 0.4) is 0 Å². The van der Waals surface area contributed by atoms with Gasteiger partial charge in [-0.3, -0.25) is 18.4 Å². The Labute approximate surface area is 202 Å². The lowest BCUT2D eigenvalue weighted by atomic mass is 10.1. The molecular formula is C20H32N5O9P. The molecule has 2 atom stereocenters. The molecule has 0 aliphatic heterocycles. The highest BCUT2D eigenvalue weighted by atomic mass is 31.2. The Bertz CT molecular complexity index is 998. The molecule has 2 aromatic rings. The van der Waals surface area contributed by atoms with E-state index in [1.54, 1.807) is 25.3 Å². The maximum absolute atomic E-state index is 13.1. The Kier molecular flexibility index (Phi) is 10.8. The van der Waals surface area contributed by atoms with Gasteiger partial charge in [0.05, 0.1) is 25.1 Å². The van der Waals surface area contributed by atoms with Crippen LogP contribution in [0.25, 0.3) is 11.2 Å². The number of nitrogens with zero attached hydrogens (tertiary/aromatic N) is 4. The normalized spacial score (nSPS) is 14.1. The average molecular weight is 517 g/mol. The summed E-state index contributed by atoms with van der Waals surface area (Å²) in [5, 5.41) is 0. The summed E-state index contributed by atoms with van der Waals surface area (Å²) in [7, 11) is -4.00. The molecule has 0 fully saturated rings. The van der Waals surface area contributed by atoms with Gasteiger partial charge in [-0.1, -0.05) is 13.8 Å². The number of fused-ring (bicyclic) bond motifs is 1. The first kappa shape index (κ1) is 28.4. The molecule has 35 heavy (non-hydrogen) atoms. The molecule has 0 amide bonds. The molecule has 2 rings (SSSR count). The third-order valence-corrected chi connectivity index (χ3v) is 5.67. The minimum absolute atomic E-state index is 0.0787. The van der Waals surface area contributed by atoms with E-state index in [-0.39, 0.29) is 24.7 Å². The van der Waals surface area contributed by atoms with Crippen LogP contribution in [0.4, 0.5) is 10.6 Å². The fourth-order valence-corrected chi connectivity index (χ4v) is 3.73. The molecule has 15 heteroatoms. The number of hydrogen-bond acceptors (Lipinski definition) is 13. The highest BCUT2D eigenvalue weighted by Crippen LogP contribution is 2.48. The minimum atomic E-state index is -4.00. The van der Waals surface area contributed by atoms with Crippen LogP contribution in [0.1, 0.15) is 41.0 Å². The number of nitrogen functional groups attached to an aromatic ring is 1. The second-order valence-corrected chi connectivity index (χ2v) is 10.2. The van der Waals surface area contributed by atoms with Gasteiger partial charge in [0.15, 0.2) is 11.5 Å². The van der Waals surface area contributed by atoms with Crippen LogP contribution in [-0.2, 0) is 43.9 Å². The van der Waals surface area contributed by atoms with E-state index in [4.69, 9.17) is 33.7 Å². The second-order valence-electron chi connectivity index (χ2n) is 8.21. The quantitative estimate of drug-likeness (QED) is 0.220. The van der Waals surface area contributed by atoms with Crippen LogP contribution in [0.15, 0.2) is 12.7 Å². The average Bonchev–Trinajstić information content (AvgIpc) is 3.15. The molecule has 2 heterocycles. The van der Waals surface area contributed by atoms with Crippen molar-refractivity contribution in [1.29, 1.82) is 0 Å². The molecule has 14 nitrogen and oxygen atoms in total. The minimum Gasteiger partial charge on any atom is -0.438 e. The van der Waals surface area contributed by atoms with Crippen LogP contribution >= 0.6 is 7.60 Å². The van der Waals surface area contributed by atoms with Crippen molar-refractivity contribution in [2.24, 2.45) is 5.92 Å². The van der Waals surface area contributed by atoms with E-state index in [1.165, 1.54) is 12.7 Å². The third-order valence-electron chi connectivity index (χ3n) is 4.20. The summed E-state index contributed by atoms with van der Waals surface area (Å²) < 4.78 is 45.3. The highest BCUT2D eigenvalue weighted by molar-refractivity contribution is 7.53. The predicted octanol–water partition coefficient (Wildman–Crippen LogP) is 3.06. The molecule has 0 aliphatic carbocycles. The first-order valence-corrected chi connectivity index (χ1v) is 12.6. The number of hydrogen-bond donors (Lipinski definition) is 1. The van der Waals surface area contributed by atoms with E-state index in [9.17, 15) is 14.2 Å². The number of esters is 1. The maximum atomic E-state index is 13.1. The van der Waals surface area contributed by atoms with Crippen LogP contribution in [-0.4, -0.2) is 63.8 Å². The fraction of sp³-hybridized carbons (Fsp3) is 0.650. The third kappa shape index (κ3) is 9.76. The number of carbonyl (C=O) groups is 2. The molecule has 0 radical (unpaired) electrons. The van der Waals surface area contributed by atoms with E-state index in [0.29, 0.717) is 11.2 Å². The first-order valence-electron chi connectivity index (χ1n) is 10.9. The first-order chi connectivity index (χ1) is 16.5. The molecule has 0 saturated carbocycles. The Morgan fingerprint density at radius 3 is 2.40 bits per heavy atom. The van der Waals surface area contributed by atoms with E-state index in [1.807, 2.05) is 13.8 Å². The molecule has 2 N–H and O–H groups in total. The highest BCUT2D eigenvalue weighted by Gasteiger charge is 2.28. The van der Waals surface area contributed by atoms with Crippen molar-refractivity contribution in [1.82, 2.24) is 19.5 Å². The van der Waals surface area contributed by atoms with E-state index >= 15 is 0 Å². The van der Waals surface area contributed by atoms with Crippen molar-refractivity contribution < 1.29 is 42.1 Å². The largest absolute Gasteiger partial charge is 0.510 e. The van der Waals surface area contributed by atoms with Gasteiger partial charge < -0.3 is 29.2 Å². The molecule has 2 aromatic heterocycles. The summed E-state index contributed by atoms with van der Waals surface area (Å²) in [5.74, 6) is -0.197. The molecule has 0 bridgehead atoms. The van der Waals surface area contributed by atoms with Gasteiger partial charge in [0, 0.05) is 6.42 Å². The van der Waals surface area contributed by atoms with Crippen LogP contribution in [0.5, 0.6) is 0 Å². The number of carbonyl (C=O) groups excluding carboxylic acids is 2. The number of anilines is 1. The van der Waals surface area contributed by atoms with E-state index in [2.05, 4.69) is 15.0 Å². The Hall–Kier alpha value is -2.80. The van der Waals surface area contributed by atoms with Crippen molar-refractivity contribution >= 4 is 36.7 Å². The zero-order chi connectivity index (χ0) is 26.0. The summed E-state index contributed by atoms with van der Waals surface area (Å²) in [6.07, 6.45) is 0.598. The van der Waals surface area contributed by atoms with Crippen molar-refractivity contribution in [3.63, 3.8) is 0 Å². The zero-order valence-electron chi connectivity index (χ0n) is 20.4. The molecule has 0 aromatic carbocycles. The molecule has 1 unspecified atom stereocenters. The fourth-order valence-electron chi connectivity index (χ4n) is 2.64. The van der Waals surface area contributed by atoms with Gasteiger partial charge in [0.25, 0.3) is 0 Å². The van der Waals surface area contributed by atoms with Crippen LogP contribution < -0.4 is 5.73 Å². The Balaban J connectivity index is 1.95. The molecular weight excluding hydrogens is 485 g/mol. The van der Waals surface area contributed by atoms with Crippen LogP contribution in [0, 0.1) is 5.92 Å². The van der Waals surface area contributed by atoms with Crippen molar-refractivity contribution in [3.05, 3.63) is 12.7 Å². The van der Waals surface area contributed by atoms with Gasteiger partial charge in [-0.25, -0.2) is 19.7 Å². The number of imidazole rings is 1. The maximum Gasteiger partial charge on any atom is 0.510 e. The lowest BCUT2D eigenvalue weighted by molar-refractivity contribution is -0.151. The van der Waals surface area contributed by atoms with Crippen molar-refractivity contribution in [2.75, 3.05) is 25.7 Å². The van der Waals surface area contributed by atoms with E-state index < -0.39 is 51.9 Å². The standard InChI is InChI=1S/C20H32N5O9P/c1-13(2)6-16(26)29-10-32-35(28,33-11-30-20(27)34-14(3)4)12-31-15(5)7-25-9-24-17-18(21)22-8-23-19(17)25/h8-9,13-15H,6-7,10-12H2,1-5H3,(H2,21,22,23)/t15-,35?/m1/s1. The van der Waals surface area contributed by atoms with Crippen molar-refractivity contribution in [3.8, 4) is 0 Å². The van der Waals surface area contributed by atoms with Gasteiger partial charge in [-0.2, -0.15) is 0 Å². The molecule has 0 spiro atoms. The molecule has 0 aliphatic rings. The van der Waals surface area contributed by atoms with Gasteiger partial charge >= 0.3 is 19.7 Å². The van der Waals surface area contributed by atoms with Gasteiger partial charge in [-0.05, 0) is 26.7 Å². The smallest absolute Gasteiger partial charge is 0.438 e. The molecule has 196 valence electrons. The SMILES string of the molecule is CC(C)CC(=O)OCOP(=O)(CO[C@H](C)Cn1cnc2c(N)ncnc21)OCOC(=O)OC(C)C. The summed E-state index contributed by atoms with van der Waals surface area (Å²) in [4.78, 5) is 35.5. The number of aromatic nitrogens is 4. The second kappa shape index (κ2) is 13.3. The van der Waals surface area contributed by atoms with Gasteiger partial charge in [0.1, 0.15) is 18.2 Å².